The van der Waals surface area contributed by atoms with Crippen molar-refractivity contribution in [2.24, 2.45) is 7.05 Å². The molecular formula is C11H15ClN4. The average Bonchev–Trinajstić information content (AvgIpc) is 2.94. The summed E-state index contributed by atoms with van der Waals surface area (Å²) in [6, 6.07) is 0.623. The summed E-state index contributed by atoms with van der Waals surface area (Å²) >= 11 is 5.83. The van der Waals surface area contributed by atoms with Gasteiger partial charge in [-0.1, -0.05) is 0 Å². The highest BCUT2D eigenvalue weighted by atomic mass is 35.5. The maximum Gasteiger partial charge on any atom is 0.158 e. The van der Waals surface area contributed by atoms with Gasteiger partial charge in [-0.25, -0.2) is 4.98 Å². The maximum atomic E-state index is 5.83. The summed E-state index contributed by atoms with van der Waals surface area (Å²) in [6.45, 7) is 2.01. The zero-order valence-electron chi connectivity index (χ0n) is 9.57. The van der Waals surface area contributed by atoms with Crippen LogP contribution >= 0.6 is 11.6 Å². The summed E-state index contributed by atoms with van der Waals surface area (Å²) in [5, 5.41) is 4.42. The molecular weight excluding hydrogens is 224 g/mol. The van der Waals surface area contributed by atoms with E-state index in [9.17, 15) is 0 Å². The summed E-state index contributed by atoms with van der Waals surface area (Å²) in [7, 11) is 1.99. The highest BCUT2D eigenvalue weighted by Gasteiger charge is 2.30. The van der Waals surface area contributed by atoms with Crippen molar-refractivity contribution >= 4 is 22.8 Å². The summed E-state index contributed by atoms with van der Waals surface area (Å²) in [6.07, 6.45) is 3.35. The third-order valence-electron chi connectivity index (χ3n) is 3.14. The van der Waals surface area contributed by atoms with Crippen molar-refractivity contribution in [3.8, 4) is 0 Å². The van der Waals surface area contributed by atoms with Gasteiger partial charge in [-0.3, -0.25) is 4.68 Å². The number of alkyl halides is 1. The number of imidazole rings is 1. The van der Waals surface area contributed by atoms with Gasteiger partial charge in [0.25, 0.3) is 0 Å². The molecule has 0 spiro atoms. The van der Waals surface area contributed by atoms with Crippen molar-refractivity contribution in [2.75, 3.05) is 5.88 Å². The molecule has 0 amide bonds. The van der Waals surface area contributed by atoms with Crippen LogP contribution in [0.1, 0.15) is 30.4 Å². The molecule has 1 saturated carbocycles. The Kier molecular flexibility index (Phi) is 2.21. The molecule has 86 valence electrons. The van der Waals surface area contributed by atoms with Crippen molar-refractivity contribution in [1.82, 2.24) is 19.3 Å². The second-order valence-electron chi connectivity index (χ2n) is 4.45. The van der Waals surface area contributed by atoms with Gasteiger partial charge in [-0.2, -0.15) is 5.10 Å². The Labute approximate surface area is 99.2 Å². The van der Waals surface area contributed by atoms with Gasteiger partial charge in [0, 0.05) is 25.4 Å². The lowest BCUT2D eigenvalue weighted by molar-refractivity contribution is 0.664. The minimum atomic E-state index is 0.623. The van der Waals surface area contributed by atoms with E-state index in [-0.39, 0.29) is 0 Å². The number of nitrogens with zero attached hydrogens (tertiary/aromatic N) is 4. The molecule has 16 heavy (non-hydrogen) atoms. The van der Waals surface area contributed by atoms with E-state index in [0.29, 0.717) is 11.9 Å². The molecule has 0 aliphatic heterocycles. The maximum absolute atomic E-state index is 5.83. The number of halogens is 1. The van der Waals surface area contributed by atoms with Crippen LogP contribution in [0.3, 0.4) is 0 Å². The van der Waals surface area contributed by atoms with Crippen molar-refractivity contribution in [1.29, 1.82) is 0 Å². The van der Waals surface area contributed by atoms with E-state index in [2.05, 4.69) is 14.6 Å². The molecule has 1 aliphatic carbocycles. The standard InChI is InChI=1S/C11H15ClN4/c1-7-10-11(15(2)14-7)16(8-3-4-8)9(13-10)5-6-12/h8H,3-6H2,1-2H3. The molecule has 4 nitrogen and oxygen atoms in total. The van der Waals surface area contributed by atoms with Crippen molar-refractivity contribution < 1.29 is 0 Å². The molecule has 0 aromatic carbocycles. The number of hydrogen-bond donors (Lipinski definition) is 0. The second kappa shape index (κ2) is 3.48. The van der Waals surface area contributed by atoms with Crippen LogP contribution in [0.2, 0.25) is 0 Å². The number of aryl methyl sites for hydroxylation is 3. The predicted molar refractivity (Wildman–Crippen MR) is 63.9 cm³/mol. The Balaban J connectivity index is 2.25. The van der Waals surface area contributed by atoms with E-state index in [1.165, 1.54) is 12.8 Å². The summed E-state index contributed by atoms with van der Waals surface area (Å²) in [5.74, 6) is 1.74. The molecule has 3 rings (SSSR count). The molecule has 2 aromatic heterocycles. The van der Waals surface area contributed by atoms with Crippen LogP contribution in [-0.2, 0) is 13.5 Å². The molecule has 0 N–H and O–H groups in total. The fraction of sp³-hybridized carbons (Fsp3) is 0.636. The van der Waals surface area contributed by atoms with Gasteiger partial charge >= 0.3 is 0 Å². The van der Waals surface area contributed by atoms with E-state index >= 15 is 0 Å². The molecule has 5 heteroatoms. The molecule has 0 bridgehead atoms. The molecule has 1 fully saturated rings. The van der Waals surface area contributed by atoms with Gasteiger partial charge in [0.2, 0.25) is 0 Å². The van der Waals surface area contributed by atoms with Crippen LogP contribution in [0.5, 0.6) is 0 Å². The Morgan fingerprint density at radius 3 is 2.81 bits per heavy atom. The fourth-order valence-electron chi connectivity index (χ4n) is 2.32. The third kappa shape index (κ3) is 1.36. The zero-order chi connectivity index (χ0) is 11.3. The van der Waals surface area contributed by atoms with Gasteiger partial charge in [-0.15, -0.1) is 11.6 Å². The summed E-state index contributed by atoms with van der Waals surface area (Å²) in [4.78, 5) is 4.68. The van der Waals surface area contributed by atoms with Gasteiger partial charge in [-0.05, 0) is 19.8 Å². The van der Waals surface area contributed by atoms with Crippen LogP contribution in [-0.4, -0.2) is 25.2 Å². The lowest BCUT2D eigenvalue weighted by Crippen LogP contribution is -2.06. The van der Waals surface area contributed by atoms with Crippen molar-refractivity contribution in [2.45, 2.75) is 32.2 Å². The molecule has 2 aromatic rings. The van der Waals surface area contributed by atoms with Crippen LogP contribution in [0.15, 0.2) is 0 Å². The Morgan fingerprint density at radius 2 is 2.19 bits per heavy atom. The van der Waals surface area contributed by atoms with Crippen LogP contribution in [0.4, 0.5) is 0 Å². The van der Waals surface area contributed by atoms with Gasteiger partial charge < -0.3 is 4.57 Å². The van der Waals surface area contributed by atoms with Crippen LogP contribution in [0, 0.1) is 6.92 Å². The first kappa shape index (κ1) is 10.1. The molecule has 2 heterocycles. The molecule has 1 aliphatic rings. The Morgan fingerprint density at radius 1 is 1.44 bits per heavy atom. The molecule has 0 radical (unpaired) electrons. The topological polar surface area (TPSA) is 35.6 Å². The highest BCUT2D eigenvalue weighted by Crippen LogP contribution is 2.39. The van der Waals surface area contributed by atoms with E-state index in [4.69, 9.17) is 11.6 Å². The van der Waals surface area contributed by atoms with E-state index < -0.39 is 0 Å². The predicted octanol–water partition coefficient (Wildman–Crippen LogP) is 2.19. The molecule has 0 unspecified atom stereocenters. The largest absolute Gasteiger partial charge is 0.310 e. The number of rotatable bonds is 3. The first-order valence-corrected chi connectivity index (χ1v) is 6.22. The van der Waals surface area contributed by atoms with Gasteiger partial charge in [0.15, 0.2) is 5.65 Å². The van der Waals surface area contributed by atoms with Crippen molar-refractivity contribution in [3.63, 3.8) is 0 Å². The van der Waals surface area contributed by atoms with Crippen LogP contribution < -0.4 is 0 Å². The highest BCUT2D eigenvalue weighted by molar-refractivity contribution is 6.17. The molecule has 0 atom stereocenters. The average molecular weight is 239 g/mol. The number of hydrogen-bond acceptors (Lipinski definition) is 2. The Hall–Kier alpha value is -1.03. The quantitative estimate of drug-likeness (QED) is 0.769. The smallest absolute Gasteiger partial charge is 0.158 e. The molecule has 0 saturated heterocycles. The van der Waals surface area contributed by atoms with E-state index in [1.54, 1.807) is 0 Å². The first-order valence-electron chi connectivity index (χ1n) is 5.68. The lowest BCUT2D eigenvalue weighted by Gasteiger charge is -2.06. The summed E-state index contributed by atoms with van der Waals surface area (Å²) in [5.41, 5.74) is 3.20. The monoisotopic (exact) mass is 238 g/mol. The van der Waals surface area contributed by atoms with Gasteiger partial charge in [0.05, 0.1) is 5.69 Å². The zero-order valence-corrected chi connectivity index (χ0v) is 10.3. The number of aromatic nitrogens is 4. The third-order valence-corrected chi connectivity index (χ3v) is 3.33. The Bertz CT molecular complexity index is 536. The van der Waals surface area contributed by atoms with Crippen molar-refractivity contribution in [3.05, 3.63) is 11.5 Å². The normalized spacial score (nSPS) is 16.2. The minimum absolute atomic E-state index is 0.623. The van der Waals surface area contributed by atoms with E-state index in [1.807, 2.05) is 18.7 Å². The van der Waals surface area contributed by atoms with E-state index in [0.717, 1.165) is 29.1 Å². The minimum Gasteiger partial charge on any atom is -0.310 e. The fourth-order valence-corrected chi connectivity index (χ4v) is 2.49. The first-order chi connectivity index (χ1) is 7.72. The number of fused-ring (bicyclic) bond motifs is 1. The SMILES string of the molecule is Cc1nn(C)c2c1nc(CCCl)n2C1CC1. The summed E-state index contributed by atoms with van der Waals surface area (Å²) < 4.78 is 4.27. The second-order valence-corrected chi connectivity index (χ2v) is 4.83. The lowest BCUT2D eigenvalue weighted by atomic mass is 10.4. The van der Waals surface area contributed by atoms with Gasteiger partial charge in [0.1, 0.15) is 11.3 Å². The van der Waals surface area contributed by atoms with Crippen LogP contribution in [0.25, 0.3) is 11.2 Å².